The minimum absolute atomic E-state index is 0.726. The third-order valence-electron chi connectivity index (χ3n) is 3.95. The van der Waals surface area contributed by atoms with E-state index in [1.54, 1.807) is 0 Å². The third-order valence-corrected chi connectivity index (χ3v) is 4.20. The third kappa shape index (κ3) is 3.20. The second-order valence-corrected chi connectivity index (χ2v) is 5.75. The lowest BCUT2D eigenvalue weighted by atomic mass is 10.1. The van der Waals surface area contributed by atoms with E-state index in [1.807, 2.05) is 24.3 Å². The summed E-state index contributed by atoms with van der Waals surface area (Å²) in [6, 6.07) is 7.79. The number of carbonyl (C=O) groups excluding carboxylic acids is 1. The fraction of sp³-hybridized carbons (Fsp3) is 0.353. The molecule has 0 atom stereocenters. The van der Waals surface area contributed by atoms with Crippen LogP contribution in [-0.4, -0.2) is 37.5 Å². The van der Waals surface area contributed by atoms with E-state index in [-0.39, 0.29) is 0 Å². The fourth-order valence-corrected chi connectivity index (χ4v) is 3.05. The zero-order chi connectivity index (χ0) is 14.7. The van der Waals surface area contributed by atoms with E-state index in [9.17, 15) is 4.79 Å². The van der Waals surface area contributed by atoms with Gasteiger partial charge < -0.3 is 9.64 Å². The average Bonchev–Trinajstić information content (AvgIpc) is 2.93. The van der Waals surface area contributed by atoms with Crippen LogP contribution >= 0.6 is 11.6 Å². The van der Waals surface area contributed by atoms with E-state index in [2.05, 4.69) is 11.0 Å². The van der Waals surface area contributed by atoms with Gasteiger partial charge >= 0.3 is 0 Å². The quantitative estimate of drug-likeness (QED) is 0.802. The van der Waals surface area contributed by atoms with Crippen LogP contribution in [-0.2, 0) is 9.53 Å². The molecule has 0 saturated carbocycles. The van der Waals surface area contributed by atoms with E-state index in [0.717, 1.165) is 67.3 Å². The van der Waals surface area contributed by atoms with E-state index in [0.29, 0.717) is 0 Å². The first-order valence-electron chi connectivity index (χ1n) is 7.25. The summed E-state index contributed by atoms with van der Waals surface area (Å²) in [5.41, 5.74) is 4.38. The van der Waals surface area contributed by atoms with Gasteiger partial charge in [0.25, 0.3) is 0 Å². The number of morpholine rings is 1. The molecule has 0 radical (unpaired) electrons. The predicted molar refractivity (Wildman–Crippen MR) is 84.1 cm³/mol. The number of ether oxygens (including phenoxy) is 1. The van der Waals surface area contributed by atoms with Crippen molar-refractivity contribution >= 4 is 24.0 Å². The van der Waals surface area contributed by atoms with Crippen LogP contribution in [0.3, 0.4) is 0 Å². The van der Waals surface area contributed by atoms with Crippen molar-refractivity contribution in [2.45, 2.75) is 12.8 Å². The molecule has 4 heteroatoms. The van der Waals surface area contributed by atoms with Gasteiger partial charge in [-0.25, -0.2) is 0 Å². The lowest BCUT2D eigenvalue weighted by molar-refractivity contribution is -0.105. The smallest absolute Gasteiger partial charge is 0.148 e. The molecule has 0 aromatic heterocycles. The second-order valence-electron chi connectivity index (χ2n) is 5.31. The minimum atomic E-state index is 0.726. The highest BCUT2D eigenvalue weighted by Gasteiger charge is 2.25. The van der Waals surface area contributed by atoms with Gasteiger partial charge in [-0.3, -0.25) is 4.79 Å². The molecule has 3 rings (SSSR count). The lowest BCUT2D eigenvalue weighted by Gasteiger charge is -2.31. The van der Waals surface area contributed by atoms with Crippen molar-refractivity contribution < 1.29 is 9.53 Å². The number of nitrogens with zero attached hydrogens (tertiary/aromatic N) is 1. The van der Waals surface area contributed by atoms with Crippen LogP contribution in [0.5, 0.6) is 0 Å². The van der Waals surface area contributed by atoms with Crippen LogP contribution in [0.15, 0.2) is 41.1 Å². The first kappa shape index (κ1) is 14.4. The summed E-state index contributed by atoms with van der Waals surface area (Å²) in [5.74, 6) is 0. The Bertz CT molecular complexity index is 583. The summed E-state index contributed by atoms with van der Waals surface area (Å²) in [4.78, 5) is 13.6. The molecular formula is C17H18ClNO2. The normalized spacial score (nSPS) is 21.2. The molecule has 1 aromatic rings. The van der Waals surface area contributed by atoms with Crippen molar-refractivity contribution in [3.05, 3.63) is 51.7 Å². The molecule has 110 valence electrons. The van der Waals surface area contributed by atoms with Crippen LogP contribution in [0.4, 0.5) is 0 Å². The molecule has 0 spiro atoms. The summed E-state index contributed by atoms with van der Waals surface area (Å²) >= 11 is 5.93. The van der Waals surface area contributed by atoms with Crippen LogP contribution in [0.2, 0.25) is 5.02 Å². The van der Waals surface area contributed by atoms with Crippen LogP contribution < -0.4 is 0 Å². The molecule has 0 amide bonds. The van der Waals surface area contributed by atoms with Crippen molar-refractivity contribution in [1.29, 1.82) is 0 Å². The van der Waals surface area contributed by atoms with Crippen molar-refractivity contribution in [3.63, 3.8) is 0 Å². The number of allylic oxidation sites excluding steroid dienone is 2. The first-order valence-corrected chi connectivity index (χ1v) is 7.63. The zero-order valence-corrected chi connectivity index (χ0v) is 12.6. The second kappa shape index (κ2) is 6.46. The number of rotatable bonds is 3. The van der Waals surface area contributed by atoms with Gasteiger partial charge in [0.05, 0.1) is 13.2 Å². The summed E-state index contributed by atoms with van der Waals surface area (Å²) in [5, 5.41) is 0.737. The van der Waals surface area contributed by atoms with E-state index >= 15 is 0 Å². The molecule has 1 aliphatic heterocycles. The number of carbonyl (C=O) groups is 1. The van der Waals surface area contributed by atoms with Gasteiger partial charge in [-0.15, -0.1) is 0 Å². The summed E-state index contributed by atoms with van der Waals surface area (Å²) in [6.07, 6.45) is 4.92. The molecular weight excluding hydrogens is 286 g/mol. The van der Waals surface area contributed by atoms with Gasteiger partial charge in [-0.2, -0.15) is 0 Å². The Labute approximate surface area is 129 Å². The van der Waals surface area contributed by atoms with Gasteiger partial charge in [0.2, 0.25) is 0 Å². The number of hydrogen-bond donors (Lipinski definition) is 0. The van der Waals surface area contributed by atoms with Gasteiger partial charge in [0, 0.05) is 29.4 Å². The SMILES string of the molecule is O=CC1=C(N2CCOCC2)/C(=C\c2ccc(Cl)cc2)CC1. The van der Waals surface area contributed by atoms with Gasteiger partial charge in [-0.05, 0) is 42.2 Å². The summed E-state index contributed by atoms with van der Waals surface area (Å²) < 4.78 is 5.41. The van der Waals surface area contributed by atoms with E-state index < -0.39 is 0 Å². The number of hydrogen-bond acceptors (Lipinski definition) is 3. The molecule has 0 N–H and O–H groups in total. The topological polar surface area (TPSA) is 29.5 Å². The Morgan fingerprint density at radius 2 is 1.81 bits per heavy atom. The Morgan fingerprint density at radius 3 is 2.48 bits per heavy atom. The van der Waals surface area contributed by atoms with Crippen LogP contribution in [0.25, 0.3) is 6.08 Å². The van der Waals surface area contributed by atoms with E-state index in [4.69, 9.17) is 16.3 Å². The standard InChI is InChI=1S/C17H18ClNO2/c18-16-5-1-13(2-6-16)11-14-3-4-15(12-20)17(14)19-7-9-21-10-8-19/h1-2,5-6,11-12H,3-4,7-10H2/b14-11-. The molecule has 3 nitrogen and oxygen atoms in total. The summed E-state index contributed by atoms with van der Waals surface area (Å²) in [7, 11) is 0. The number of halogens is 1. The van der Waals surface area contributed by atoms with E-state index in [1.165, 1.54) is 5.57 Å². The Kier molecular flexibility index (Phi) is 4.42. The Balaban J connectivity index is 1.91. The van der Waals surface area contributed by atoms with Crippen molar-refractivity contribution in [2.24, 2.45) is 0 Å². The molecule has 21 heavy (non-hydrogen) atoms. The average molecular weight is 304 g/mol. The predicted octanol–water partition coefficient (Wildman–Crippen LogP) is 3.30. The maximum atomic E-state index is 11.3. The largest absolute Gasteiger partial charge is 0.378 e. The van der Waals surface area contributed by atoms with Gasteiger partial charge in [0.15, 0.2) is 0 Å². The lowest BCUT2D eigenvalue weighted by Crippen LogP contribution is -2.36. The molecule has 1 aliphatic carbocycles. The van der Waals surface area contributed by atoms with Crippen molar-refractivity contribution in [3.8, 4) is 0 Å². The molecule has 0 bridgehead atoms. The van der Waals surface area contributed by atoms with Gasteiger partial charge in [0.1, 0.15) is 6.29 Å². The van der Waals surface area contributed by atoms with Crippen LogP contribution in [0, 0.1) is 0 Å². The fourth-order valence-electron chi connectivity index (χ4n) is 2.92. The molecule has 1 heterocycles. The maximum absolute atomic E-state index is 11.3. The molecule has 0 unspecified atom stereocenters. The first-order chi connectivity index (χ1) is 10.3. The highest BCUT2D eigenvalue weighted by Crippen LogP contribution is 2.34. The van der Waals surface area contributed by atoms with Crippen molar-refractivity contribution in [2.75, 3.05) is 26.3 Å². The van der Waals surface area contributed by atoms with Crippen molar-refractivity contribution in [1.82, 2.24) is 4.90 Å². The molecule has 1 fully saturated rings. The molecule has 1 aromatic carbocycles. The molecule has 1 saturated heterocycles. The minimum Gasteiger partial charge on any atom is -0.378 e. The van der Waals surface area contributed by atoms with Crippen LogP contribution in [0.1, 0.15) is 18.4 Å². The monoisotopic (exact) mass is 303 g/mol. The highest BCUT2D eigenvalue weighted by molar-refractivity contribution is 6.30. The highest BCUT2D eigenvalue weighted by atomic mass is 35.5. The Morgan fingerprint density at radius 1 is 1.10 bits per heavy atom. The molecule has 2 aliphatic rings. The maximum Gasteiger partial charge on any atom is 0.148 e. The zero-order valence-electron chi connectivity index (χ0n) is 11.8. The number of benzene rings is 1. The summed E-state index contributed by atoms with van der Waals surface area (Å²) in [6.45, 7) is 3.16. The van der Waals surface area contributed by atoms with Gasteiger partial charge in [-0.1, -0.05) is 23.7 Å². The Hall–Kier alpha value is -1.58. The number of aldehydes is 1.